The molecule has 0 bridgehead atoms. The lowest BCUT2D eigenvalue weighted by molar-refractivity contribution is 0.0545. The molecular formula is C15H24N2O. The van der Waals surface area contributed by atoms with E-state index < -0.39 is 0 Å². The Morgan fingerprint density at radius 2 is 1.94 bits per heavy atom. The summed E-state index contributed by atoms with van der Waals surface area (Å²) in [6, 6.07) is 10.0. The van der Waals surface area contributed by atoms with E-state index in [-0.39, 0.29) is 11.9 Å². The number of benzene rings is 1. The van der Waals surface area contributed by atoms with Crippen LogP contribution < -0.4 is 5.73 Å². The number of hydrogen-bond donors (Lipinski definition) is 2. The number of nitrogens with two attached hydrogens (primary N) is 1. The zero-order valence-electron chi connectivity index (χ0n) is 11.2. The smallest absolute Gasteiger partial charge is 0.0934 e. The van der Waals surface area contributed by atoms with Gasteiger partial charge in [0.2, 0.25) is 0 Å². The van der Waals surface area contributed by atoms with E-state index in [0.29, 0.717) is 6.42 Å². The minimum Gasteiger partial charge on any atom is -0.388 e. The summed E-state index contributed by atoms with van der Waals surface area (Å²) in [5.74, 6) is 0.178. The van der Waals surface area contributed by atoms with Crippen LogP contribution >= 0.6 is 0 Å². The Morgan fingerprint density at radius 1 is 1.22 bits per heavy atom. The minimum atomic E-state index is -0.0784. The third kappa shape index (κ3) is 5.82. The number of ether oxygens (including phenoxy) is 1. The van der Waals surface area contributed by atoms with Gasteiger partial charge in [0.25, 0.3) is 0 Å². The minimum absolute atomic E-state index is 0.0784. The fourth-order valence-corrected chi connectivity index (χ4v) is 1.89. The van der Waals surface area contributed by atoms with Crippen molar-refractivity contribution < 1.29 is 4.74 Å². The Bertz CT molecular complexity index is 338. The fourth-order valence-electron chi connectivity index (χ4n) is 1.89. The van der Waals surface area contributed by atoms with Gasteiger partial charge < -0.3 is 10.5 Å². The van der Waals surface area contributed by atoms with Crippen molar-refractivity contribution in [2.75, 3.05) is 6.61 Å². The molecule has 1 rings (SSSR count). The average Bonchev–Trinajstić information content (AvgIpc) is 2.38. The van der Waals surface area contributed by atoms with Crippen LogP contribution in [0.4, 0.5) is 0 Å². The van der Waals surface area contributed by atoms with Gasteiger partial charge in [0, 0.05) is 13.0 Å². The summed E-state index contributed by atoms with van der Waals surface area (Å²) in [4.78, 5) is 0. The lowest BCUT2D eigenvalue weighted by Gasteiger charge is -2.17. The first-order chi connectivity index (χ1) is 8.74. The summed E-state index contributed by atoms with van der Waals surface area (Å²) in [5, 5.41) is 7.42. The predicted molar refractivity (Wildman–Crippen MR) is 75.8 cm³/mol. The van der Waals surface area contributed by atoms with E-state index in [2.05, 4.69) is 6.92 Å². The van der Waals surface area contributed by atoms with Gasteiger partial charge in [0.05, 0.1) is 11.9 Å². The maximum Gasteiger partial charge on any atom is 0.0934 e. The average molecular weight is 248 g/mol. The van der Waals surface area contributed by atoms with Crippen molar-refractivity contribution in [2.24, 2.45) is 5.73 Å². The summed E-state index contributed by atoms with van der Waals surface area (Å²) in [6.07, 6.45) is 5.16. The molecule has 3 N–H and O–H groups in total. The maximum absolute atomic E-state index is 7.42. The van der Waals surface area contributed by atoms with Crippen molar-refractivity contribution in [3.8, 4) is 0 Å². The molecule has 0 spiro atoms. The highest BCUT2D eigenvalue weighted by Crippen LogP contribution is 2.21. The first kappa shape index (κ1) is 14.7. The standard InChI is InChI=1S/C15H24N2O/c1-2-3-4-8-11-18-14(12-15(16)17)13-9-6-5-7-10-13/h5-7,9-10,14H,2-4,8,11-12H2,1H3,(H3,16,17). The largest absolute Gasteiger partial charge is 0.388 e. The predicted octanol–water partition coefficient (Wildman–Crippen LogP) is 3.65. The van der Waals surface area contributed by atoms with Gasteiger partial charge in [-0.2, -0.15) is 0 Å². The van der Waals surface area contributed by atoms with Gasteiger partial charge in [-0.05, 0) is 12.0 Å². The van der Waals surface area contributed by atoms with Crippen molar-refractivity contribution in [1.82, 2.24) is 0 Å². The summed E-state index contributed by atoms with van der Waals surface area (Å²) < 4.78 is 5.86. The number of amidine groups is 1. The number of rotatable bonds is 9. The second-order valence-electron chi connectivity index (χ2n) is 4.56. The Kier molecular flexibility index (Phi) is 7.11. The van der Waals surface area contributed by atoms with Crippen molar-refractivity contribution in [3.05, 3.63) is 35.9 Å². The van der Waals surface area contributed by atoms with Gasteiger partial charge in [0.1, 0.15) is 0 Å². The summed E-state index contributed by atoms with van der Waals surface area (Å²) in [6.45, 7) is 2.94. The summed E-state index contributed by atoms with van der Waals surface area (Å²) in [5.41, 5.74) is 6.59. The molecule has 3 heteroatoms. The van der Waals surface area contributed by atoms with E-state index in [1.165, 1.54) is 19.3 Å². The van der Waals surface area contributed by atoms with Crippen LogP contribution in [0.15, 0.2) is 30.3 Å². The second kappa shape index (κ2) is 8.70. The van der Waals surface area contributed by atoms with E-state index in [9.17, 15) is 0 Å². The molecule has 18 heavy (non-hydrogen) atoms. The Labute approximate surface area is 110 Å². The molecule has 0 heterocycles. The maximum atomic E-state index is 7.42. The highest BCUT2D eigenvalue weighted by molar-refractivity contribution is 5.77. The Morgan fingerprint density at radius 3 is 2.56 bits per heavy atom. The van der Waals surface area contributed by atoms with Crippen molar-refractivity contribution in [2.45, 2.75) is 45.1 Å². The Hall–Kier alpha value is -1.35. The molecule has 0 fully saturated rings. The zero-order valence-corrected chi connectivity index (χ0v) is 11.2. The normalized spacial score (nSPS) is 12.3. The number of hydrogen-bond acceptors (Lipinski definition) is 2. The van der Waals surface area contributed by atoms with Crippen LogP contribution in [0.1, 0.15) is 50.7 Å². The molecule has 1 unspecified atom stereocenters. The SMILES string of the molecule is CCCCCCOC(CC(=N)N)c1ccccc1. The zero-order chi connectivity index (χ0) is 13.2. The molecular weight excluding hydrogens is 224 g/mol. The van der Waals surface area contributed by atoms with E-state index in [1.807, 2.05) is 30.3 Å². The summed E-state index contributed by atoms with van der Waals surface area (Å²) in [7, 11) is 0. The van der Waals surface area contributed by atoms with Crippen LogP contribution in [-0.2, 0) is 4.74 Å². The summed E-state index contributed by atoms with van der Waals surface area (Å²) >= 11 is 0. The van der Waals surface area contributed by atoms with Gasteiger partial charge in [-0.1, -0.05) is 56.5 Å². The molecule has 0 aromatic heterocycles. The van der Waals surface area contributed by atoms with Gasteiger partial charge in [-0.3, -0.25) is 5.41 Å². The highest BCUT2D eigenvalue weighted by Gasteiger charge is 2.12. The number of unbranched alkanes of at least 4 members (excludes halogenated alkanes) is 3. The molecule has 0 aliphatic carbocycles. The van der Waals surface area contributed by atoms with Crippen LogP contribution in [0.5, 0.6) is 0 Å². The molecule has 1 aromatic rings. The molecule has 0 saturated heterocycles. The lowest BCUT2D eigenvalue weighted by atomic mass is 10.1. The number of nitrogens with one attached hydrogen (secondary N) is 1. The molecule has 0 aliphatic heterocycles. The Balaban J connectivity index is 2.44. The van der Waals surface area contributed by atoms with Crippen molar-refractivity contribution in [3.63, 3.8) is 0 Å². The van der Waals surface area contributed by atoms with E-state index in [0.717, 1.165) is 18.6 Å². The molecule has 1 atom stereocenters. The molecule has 0 saturated carbocycles. The highest BCUT2D eigenvalue weighted by atomic mass is 16.5. The van der Waals surface area contributed by atoms with Gasteiger partial charge in [-0.25, -0.2) is 0 Å². The first-order valence-electron chi connectivity index (χ1n) is 6.73. The second-order valence-corrected chi connectivity index (χ2v) is 4.56. The molecule has 0 amide bonds. The quantitative estimate of drug-likeness (QED) is 0.398. The molecule has 100 valence electrons. The van der Waals surface area contributed by atoms with Crippen LogP contribution in [0, 0.1) is 5.41 Å². The molecule has 3 nitrogen and oxygen atoms in total. The van der Waals surface area contributed by atoms with Crippen LogP contribution in [-0.4, -0.2) is 12.4 Å². The monoisotopic (exact) mass is 248 g/mol. The lowest BCUT2D eigenvalue weighted by Crippen LogP contribution is -2.17. The first-order valence-corrected chi connectivity index (χ1v) is 6.73. The van der Waals surface area contributed by atoms with Gasteiger partial charge in [-0.15, -0.1) is 0 Å². The fraction of sp³-hybridized carbons (Fsp3) is 0.533. The third-order valence-corrected chi connectivity index (χ3v) is 2.89. The van der Waals surface area contributed by atoms with Crippen molar-refractivity contribution >= 4 is 5.84 Å². The van der Waals surface area contributed by atoms with E-state index >= 15 is 0 Å². The molecule has 0 radical (unpaired) electrons. The molecule has 1 aromatic carbocycles. The van der Waals surface area contributed by atoms with E-state index in [4.69, 9.17) is 15.9 Å². The topological polar surface area (TPSA) is 59.1 Å². The third-order valence-electron chi connectivity index (χ3n) is 2.89. The van der Waals surface area contributed by atoms with Gasteiger partial charge >= 0.3 is 0 Å². The van der Waals surface area contributed by atoms with Crippen molar-refractivity contribution in [1.29, 1.82) is 5.41 Å². The molecule has 0 aliphatic rings. The van der Waals surface area contributed by atoms with Gasteiger partial charge in [0.15, 0.2) is 0 Å². The van der Waals surface area contributed by atoms with Crippen LogP contribution in [0.3, 0.4) is 0 Å². The van der Waals surface area contributed by atoms with E-state index in [1.54, 1.807) is 0 Å². The van der Waals surface area contributed by atoms with Crippen LogP contribution in [0.2, 0.25) is 0 Å². The van der Waals surface area contributed by atoms with Crippen LogP contribution in [0.25, 0.3) is 0 Å².